The number of nitrogens with one attached hydrogen (secondary N) is 1. The molecule has 0 fully saturated rings. The number of carboxylic acids is 1. The maximum atomic E-state index is 11.9. The van der Waals surface area contributed by atoms with Gasteiger partial charge in [-0.25, -0.2) is 13.1 Å². The Morgan fingerprint density at radius 2 is 2.14 bits per heavy atom. The molecule has 0 aliphatic heterocycles. The molecule has 1 aromatic rings. The first-order valence-corrected chi connectivity index (χ1v) is 7.69. The Hall–Kier alpha value is -1.95. The molecule has 0 aliphatic rings. The van der Waals surface area contributed by atoms with Crippen molar-refractivity contribution < 1.29 is 23.4 Å². The van der Waals surface area contributed by atoms with Crippen LogP contribution < -0.4 is 4.72 Å². The van der Waals surface area contributed by atoms with Gasteiger partial charge in [0.25, 0.3) is 0 Å². The molecule has 1 atom stereocenters. The smallest absolute Gasteiger partial charge is 0.306 e. The number of sulfonamides is 1. The Morgan fingerprint density at radius 3 is 2.71 bits per heavy atom. The molecule has 3 N–H and O–H groups in total. The van der Waals surface area contributed by atoms with E-state index in [9.17, 15) is 18.3 Å². The Kier molecular flexibility index (Phi) is 5.43. The largest absolute Gasteiger partial charge is 0.481 e. The van der Waals surface area contributed by atoms with Crippen molar-refractivity contribution in [3.63, 3.8) is 0 Å². The van der Waals surface area contributed by atoms with Gasteiger partial charge in [-0.2, -0.15) is 5.26 Å². The van der Waals surface area contributed by atoms with Crippen LogP contribution in [0, 0.1) is 11.3 Å². The molecule has 1 aromatic carbocycles. The summed E-state index contributed by atoms with van der Waals surface area (Å²) in [6.07, 6.45) is -0.570. The van der Waals surface area contributed by atoms with Gasteiger partial charge >= 0.3 is 5.97 Å². The van der Waals surface area contributed by atoms with Crippen LogP contribution in [0.1, 0.15) is 24.5 Å². The van der Waals surface area contributed by atoms with Crippen molar-refractivity contribution in [3.8, 4) is 6.07 Å². The molecule has 21 heavy (non-hydrogen) atoms. The number of hydrogen-bond donors (Lipinski definition) is 3. The minimum Gasteiger partial charge on any atom is -0.481 e. The first-order valence-electron chi connectivity index (χ1n) is 6.04. The van der Waals surface area contributed by atoms with E-state index < -0.39 is 34.6 Å². The molecule has 0 radical (unpaired) electrons. The van der Waals surface area contributed by atoms with Gasteiger partial charge < -0.3 is 10.2 Å². The highest BCUT2D eigenvalue weighted by Crippen LogP contribution is 2.11. The molecule has 8 heteroatoms. The van der Waals surface area contributed by atoms with Crippen molar-refractivity contribution in [2.24, 2.45) is 0 Å². The minimum absolute atomic E-state index is 0.348. The van der Waals surface area contributed by atoms with E-state index in [0.717, 1.165) is 0 Å². The molecule has 0 bridgehead atoms. The summed E-state index contributed by atoms with van der Waals surface area (Å²) in [5.74, 6) is -1.58. The van der Waals surface area contributed by atoms with E-state index in [4.69, 9.17) is 10.4 Å². The third-order valence-corrected chi connectivity index (χ3v) is 3.92. The summed E-state index contributed by atoms with van der Waals surface area (Å²) in [6.45, 7) is 0.833. The van der Waals surface area contributed by atoms with Gasteiger partial charge in [0.15, 0.2) is 0 Å². The molecule has 7 nitrogen and oxygen atoms in total. The molecule has 0 aliphatic carbocycles. The van der Waals surface area contributed by atoms with E-state index in [-0.39, 0.29) is 5.75 Å². The predicted octanol–water partition coefficient (Wildman–Crippen LogP) is 0.203. The lowest BCUT2D eigenvalue weighted by Crippen LogP contribution is -2.42. The zero-order chi connectivity index (χ0) is 16.1. The van der Waals surface area contributed by atoms with Gasteiger partial charge in [0.1, 0.15) is 0 Å². The van der Waals surface area contributed by atoms with E-state index in [1.807, 2.05) is 6.07 Å². The second kappa shape index (κ2) is 6.67. The van der Waals surface area contributed by atoms with Crippen LogP contribution in [0.5, 0.6) is 0 Å². The van der Waals surface area contributed by atoms with Gasteiger partial charge in [-0.05, 0) is 24.6 Å². The van der Waals surface area contributed by atoms with Gasteiger partial charge in [-0.3, -0.25) is 4.79 Å². The van der Waals surface area contributed by atoms with Gasteiger partial charge in [-0.15, -0.1) is 0 Å². The van der Waals surface area contributed by atoms with Crippen LogP contribution in [0.25, 0.3) is 0 Å². The Bertz CT molecular complexity index is 661. The van der Waals surface area contributed by atoms with Crippen LogP contribution in [0.2, 0.25) is 0 Å². The number of nitriles is 1. The van der Waals surface area contributed by atoms with Crippen LogP contribution in [0.3, 0.4) is 0 Å². The van der Waals surface area contributed by atoms with Crippen LogP contribution >= 0.6 is 0 Å². The van der Waals surface area contributed by atoms with Gasteiger partial charge in [0.2, 0.25) is 10.0 Å². The lowest BCUT2D eigenvalue weighted by atomic mass is 10.0. The molecule has 0 saturated carbocycles. The molecule has 1 unspecified atom stereocenters. The number of carboxylic acid groups (broad SMARTS) is 1. The third-order valence-electron chi connectivity index (χ3n) is 2.62. The monoisotopic (exact) mass is 312 g/mol. The highest BCUT2D eigenvalue weighted by atomic mass is 32.2. The number of nitrogens with zero attached hydrogens (tertiary/aromatic N) is 1. The summed E-state index contributed by atoms with van der Waals surface area (Å²) in [5.41, 5.74) is -0.895. The van der Waals surface area contributed by atoms with Crippen LogP contribution in [-0.4, -0.2) is 36.7 Å². The number of aliphatic hydroxyl groups is 1. The summed E-state index contributed by atoms with van der Waals surface area (Å²) < 4.78 is 25.9. The number of carbonyl (C=O) groups is 1. The van der Waals surface area contributed by atoms with Crippen molar-refractivity contribution in [2.45, 2.75) is 24.7 Å². The maximum absolute atomic E-state index is 11.9. The molecule has 0 saturated heterocycles. The lowest BCUT2D eigenvalue weighted by molar-refractivity contribution is -0.141. The number of rotatable bonds is 7. The van der Waals surface area contributed by atoms with Crippen molar-refractivity contribution in [1.82, 2.24) is 4.72 Å². The van der Waals surface area contributed by atoms with Crippen molar-refractivity contribution in [1.29, 1.82) is 5.26 Å². The molecule has 0 aromatic heterocycles. The van der Waals surface area contributed by atoms with Crippen LogP contribution in [0.15, 0.2) is 24.3 Å². The third kappa shape index (κ3) is 6.35. The van der Waals surface area contributed by atoms with E-state index in [1.54, 1.807) is 18.2 Å². The Balaban J connectivity index is 2.70. The fraction of sp³-hybridized carbons (Fsp3) is 0.385. The van der Waals surface area contributed by atoms with Gasteiger partial charge in [0, 0.05) is 6.54 Å². The van der Waals surface area contributed by atoms with E-state index >= 15 is 0 Å². The lowest BCUT2D eigenvalue weighted by Gasteiger charge is -2.21. The maximum Gasteiger partial charge on any atom is 0.306 e. The highest BCUT2D eigenvalue weighted by Gasteiger charge is 2.26. The fourth-order valence-electron chi connectivity index (χ4n) is 1.65. The second-order valence-corrected chi connectivity index (χ2v) is 6.77. The zero-order valence-corrected chi connectivity index (χ0v) is 12.2. The van der Waals surface area contributed by atoms with E-state index in [0.29, 0.717) is 11.1 Å². The average molecular weight is 312 g/mol. The number of hydrogen-bond acceptors (Lipinski definition) is 5. The van der Waals surface area contributed by atoms with E-state index in [2.05, 4.69) is 4.72 Å². The second-order valence-electron chi connectivity index (χ2n) is 4.96. The van der Waals surface area contributed by atoms with Crippen molar-refractivity contribution >= 4 is 16.0 Å². The van der Waals surface area contributed by atoms with Crippen molar-refractivity contribution in [3.05, 3.63) is 35.4 Å². The average Bonchev–Trinajstić information content (AvgIpc) is 2.35. The molecule has 1 rings (SSSR count). The minimum atomic E-state index is -3.74. The summed E-state index contributed by atoms with van der Waals surface area (Å²) in [6, 6.07) is 8.06. The summed E-state index contributed by atoms with van der Waals surface area (Å²) >= 11 is 0. The molecule has 114 valence electrons. The zero-order valence-electron chi connectivity index (χ0n) is 11.4. The van der Waals surface area contributed by atoms with Crippen LogP contribution in [0.4, 0.5) is 0 Å². The summed E-state index contributed by atoms with van der Waals surface area (Å²) in [7, 11) is -3.74. The standard InChI is InChI=1S/C13H16N2O5S/c1-13(18,6-12(16)17)9-15-21(19,20)8-11-4-2-3-10(5-11)7-14/h2-5,15,18H,6,8-9H2,1H3,(H,16,17). The molecule has 0 spiro atoms. The SMILES string of the molecule is CC(O)(CNS(=O)(=O)Cc1cccc(C#N)c1)CC(=O)O. The molecule has 0 heterocycles. The van der Waals surface area contributed by atoms with Gasteiger partial charge in [-0.1, -0.05) is 12.1 Å². The summed E-state index contributed by atoms with van der Waals surface area (Å²) in [5, 5.41) is 27.1. The number of aliphatic carboxylic acids is 1. The fourth-order valence-corrected chi connectivity index (χ4v) is 2.91. The molecular weight excluding hydrogens is 296 g/mol. The quantitative estimate of drug-likeness (QED) is 0.660. The summed E-state index contributed by atoms with van der Waals surface area (Å²) in [4.78, 5) is 10.5. The number of benzene rings is 1. The topological polar surface area (TPSA) is 127 Å². The van der Waals surface area contributed by atoms with E-state index in [1.165, 1.54) is 13.0 Å². The van der Waals surface area contributed by atoms with Gasteiger partial charge in [0.05, 0.1) is 29.4 Å². The molecule has 0 amide bonds. The Morgan fingerprint density at radius 1 is 1.48 bits per heavy atom. The Labute approximate surface area is 122 Å². The highest BCUT2D eigenvalue weighted by molar-refractivity contribution is 7.88. The normalized spacial score (nSPS) is 14.1. The van der Waals surface area contributed by atoms with Crippen LogP contribution in [-0.2, 0) is 20.6 Å². The first kappa shape index (κ1) is 17.1. The molecular formula is C13H16N2O5S. The predicted molar refractivity (Wildman–Crippen MR) is 74.7 cm³/mol. The first-order chi connectivity index (χ1) is 9.63. The van der Waals surface area contributed by atoms with Crippen molar-refractivity contribution in [2.75, 3.05) is 6.54 Å².